The molecule has 0 radical (unpaired) electrons. The smallest absolute Gasteiger partial charge is 0.130 e. The third kappa shape index (κ3) is 2.52. The zero-order chi connectivity index (χ0) is 11.5. The number of aromatic nitrogens is 1. The van der Waals surface area contributed by atoms with Crippen molar-refractivity contribution in [1.82, 2.24) is 4.98 Å². The van der Waals surface area contributed by atoms with Gasteiger partial charge in [0.15, 0.2) is 0 Å². The number of halogens is 1. The molecule has 82 valence electrons. The number of rotatable bonds is 2. The van der Waals surface area contributed by atoms with Gasteiger partial charge in [0, 0.05) is 11.9 Å². The standard InChI is InChI=1S/C13H13ClN2/c1-9-3-5-12(10(2)7-9)16-13-6-4-11(14)8-15-13/h3-8H,1-2H3,(H,15,16). The normalized spacial score (nSPS) is 10.2. The van der Waals surface area contributed by atoms with Crippen LogP contribution in [0.3, 0.4) is 0 Å². The molecule has 0 unspecified atom stereocenters. The molecule has 0 aliphatic rings. The molecule has 0 bridgehead atoms. The third-order valence-corrected chi connectivity index (χ3v) is 2.60. The van der Waals surface area contributed by atoms with E-state index in [4.69, 9.17) is 11.6 Å². The van der Waals surface area contributed by atoms with Gasteiger partial charge in [-0.25, -0.2) is 4.98 Å². The number of benzene rings is 1. The number of anilines is 2. The third-order valence-electron chi connectivity index (χ3n) is 2.37. The maximum Gasteiger partial charge on any atom is 0.130 e. The van der Waals surface area contributed by atoms with E-state index in [1.165, 1.54) is 11.1 Å². The van der Waals surface area contributed by atoms with Crippen molar-refractivity contribution in [3.8, 4) is 0 Å². The number of pyridine rings is 1. The molecule has 0 atom stereocenters. The fraction of sp³-hybridized carbons (Fsp3) is 0.154. The molecule has 0 amide bonds. The Morgan fingerprint density at radius 2 is 1.94 bits per heavy atom. The summed E-state index contributed by atoms with van der Waals surface area (Å²) in [7, 11) is 0. The predicted molar refractivity (Wildman–Crippen MR) is 68.4 cm³/mol. The quantitative estimate of drug-likeness (QED) is 0.844. The molecular weight excluding hydrogens is 220 g/mol. The Kier molecular flexibility index (Phi) is 3.11. The first kappa shape index (κ1) is 11.0. The lowest BCUT2D eigenvalue weighted by Crippen LogP contribution is -1.95. The fourth-order valence-corrected chi connectivity index (χ4v) is 1.65. The molecule has 1 aromatic heterocycles. The van der Waals surface area contributed by atoms with Crippen molar-refractivity contribution in [2.45, 2.75) is 13.8 Å². The average Bonchev–Trinajstić information content (AvgIpc) is 2.25. The van der Waals surface area contributed by atoms with Gasteiger partial charge in [-0.15, -0.1) is 0 Å². The first-order chi connectivity index (χ1) is 7.65. The second kappa shape index (κ2) is 4.54. The zero-order valence-corrected chi connectivity index (χ0v) is 10.0. The molecule has 1 N–H and O–H groups in total. The molecule has 0 aliphatic heterocycles. The van der Waals surface area contributed by atoms with Crippen molar-refractivity contribution in [2.75, 3.05) is 5.32 Å². The summed E-state index contributed by atoms with van der Waals surface area (Å²) in [5.74, 6) is 0.802. The van der Waals surface area contributed by atoms with Crippen LogP contribution in [-0.4, -0.2) is 4.98 Å². The van der Waals surface area contributed by atoms with Crippen LogP contribution in [0.2, 0.25) is 5.02 Å². The summed E-state index contributed by atoms with van der Waals surface area (Å²) < 4.78 is 0. The molecule has 0 spiro atoms. The predicted octanol–water partition coefficient (Wildman–Crippen LogP) is 4.10. The number of hydrogen-bond donors (Lipinski definition) is 1. The first-order valence-electron chi connectivity index (χ1n) is 5.11. The second-order valence-corrected chi connectivity index (χ2v) is 4.24. The van der Waals surface area contributed by atoms with Gasteiger partial charge in [0.25, 0.3) is 0 Å². The Balaban J connectivity index is 2.23. The molecule has 0 saturated carbocycles. The highest BCUT2D eigenvalue weighted by atomic mass is 35.5. The lowest BCUT2D eigenvalue weighted by molar-refractivity contribution is 1.29. The van der Waals surface area contributed by atoms with Crippen LogP contribution in [0.25, 0.3) is 0 Å². The van der Waals surface area contributed by atoms with Crippen LogP contribution < -0.4 is 5.32 Å². The topological polar surface area (TPSA) is 24.9 Å². The van der Waals surface area contributed by atoms with E-state index in [0.717, 1.165) is 11.5 Å². The number of nitrogens with zero attached hydrogens (tertiary/aromatic N) is 1. The molecule has 2 nitrogen and oxygen atoms in total. The lowest BCUT2D eigenvalue weighted by atomic mass is 10.1. The largest absolute Gasteiger partial charge is 0.340 e. The lowest BCUT2D eigenvalue weighted by Gasteiger charge is -2.09. The molecule has 2 aromatic rings. The van der Waals surface area contributed by atoms with Crippen LogP contribution in [0.1, 0.15) is 11.1 Å². The van der Waals surface area contributed by atoms with Crippen LogP contribution in [0.15, 0.2) is 36.5 Å². The van der Waals surface area contributed by atoms with Gasteiger partial charge in [-0.2, -0.15) is 0 Å². The molecule has 2 rings (SSSR count). The molecule has 1 aromatic carbocycles. The highest BCUT2D eigenvalue weighted by molar-refractivity contribution is 6.30. The van der Waals surface area contributed by atoms with E-state index in [0.29, 0.717) is 5.02 Å². The summed E-state index contributed by atoms with van der Waals surface area (Å²) in [4.78, 5) is 4.19. The maximum atomic E-state index is 5.78. The van der Waals surface area contributed by atoms with Crippen LogP contribution in [0, 0.1) is 13.8 Å². The minimum atomic E-state index is 0.645. The van der Waals surface area contributed by atoms with Crippen molar-refractivity contribution < 1.29 is 0 Å². The molecule has 0 saturated heterocycles. The van der Waals surface area contributed by atoms with Gasteiger partial charge in [-0.3, -0.25) is 0 Å². The van der Waals surface area contributed by atoms with E-state index in [2.05, 4.69) is 42.3 Å². The van der Waals surface area contributed by atoms with Gasteiger partial charge >= 0.3 is 0 Å². The maximum absolute atomic E-state index is 5.78. The van der Waals surface area contributed by atoms with Crippen LogP contribution in [0.5, 0.6) is 0 Å². The summed E-state index contributed by atoms with van der Waals surface area (Å²) in [5.41, 5.74) is 3.53. The van der Waals surface area contributed by atoms with Crippen molar-refractivity contribution in [3.63, 3.8) is 0 Å². The van der Waals surface area contributed by atoms with Crippen molar-refractivity contribution in [2.24, 2.45) is 0 Å². The Morgan fingerprint density at radius 1 is 1.12 bits per heavy atom. The number of nitrogens with one attached hydrogen (secondary N) is 1. The summed E-state index contributed by atoms with van der Waals surface area (Å²) in [6, 6.07) is 9.95. The molecule has 0 aliphatic carbocycles. The Labute approximate surface area is 100 Å². The van der Waals surface area contributed by atoms with Gasteiger partial charge in [0.05, 0.1) is 5.02 Å². The van der Waals surface area contributed by atoms with Gasteiger partial charge in [-0.05, 0) is 37.6 Å². The summed E-state index contributed by atoms with van der Waals surface area (Å²) in [6.07, 6.45) is 1.63. The highest BCUT2D eigenvalue weighted by Crippen LogP contribution is 2.20. The Hall–Kier alpha value is -1.54. The van der Waals surface area contributed by atoms with E-state index in [1.54, 1.807) is 6.20 Å². The average molecular weight is 233 g/mol. The first-order valence-corrected chi connectivity index (χ1v) is 5.49. The molecule has 0 fully saturated rings. The molecule has 1 heterocycles. The summed E-state index contributed by atoms with van der Waals surface area (Å²) in [6.45, 7) is 4.16. The van der Waals surface area contributed by atoms with Crippen molar-refractivity contribution in [1.29, 1.82) is 0 Å². The van der Waals surface area contributed by atoms with Crippen LogP contribution in [0.4, 0.5) is 11.5 Å². The molecular formula is C13H13ClN2. The Morgan fingerprint density at radius 3 is 2.56 bits per heavy atom. The van der Waals surface area contributed by atoms with Crippen LogP contribution >= 0.6 is 11.6 Å². The van der Waals surface area contributed by atoms with Crippen molar-refractivity contribution in [3.05, 3.63) is 52.7 Å². The monoisotopic (exact) mass is 232 g/mol. The minimum absolute atomic E-state index is 0.645. The number of aryl methyl sites for hydroxylation is 2. The number of hydrogen-bond acceptors (Lipinski definition) is 2. The minimum Gasteiger partial charge on any atom is -0.340 e. The highest BCUT2D eigenvalue weighted by Gasteiger charge is 1.99. The van der Waals surface area contributed by atoms with Gasteiger partial charge < -0.3 is 5.32 Å². The van der Waals surface area contributed by atoms with Gasteiger partial charge in [0.1, 0.15) is 5.82 Å². The van der Waals surface area contributed by atoms with E-state index in [-0.39, 0.29) is 0 Å². The van der Waals surface area contributed by atoms with Crippen molar-refractivity contribution >= 4 is 23.1 Å². The summed E-state index contributed by atoms with van der Waals surface area (Å²) in [5, 5.41) is 3.90. The molecule has 3 heteroatoms. The molecule has 16 heavy (non-hydrogen) atoms. The van der Waals surface area contributed by atoms with E-state index in [9.17, 15) is 0 Å². The fourth-order valence-electron chi connectivity index (χ4n) is 1.54. The Bertz CT molecular complexity index is 492. The zero-order valence-electron chi connectivity index (χ0n) is 9.29. The second-order valence-electron chi connectivity index (χ2n) is 3.81. The van der Waals surface area contributed by atoms with Gasteiger partial charge in [-0.1, -0.05) is 29.3 Å². The van der Waals surface area contributed by atoms with E-state index in [1.807, 2.05) is 12.1 Å². The van der Waals surface area contributed by atoms with E-state index < -0.39 is 0 Å². The SMILES string of the molecule is Cc1ccc(Nc2ccc(Cl)cn2)c(C)c1. The summed E-state index contributed by atoms with van der Waals surface area (Å²) >= 11 is 5.78. The van der Waals surface area contributed by atoms with Gasteiger partial charge in [0.2, 0.25) is 0 Å². The van der Waals surface area contributed by atoms with Crippen LogP contribution in [-0.2, 0) is 0 Å². The van der Waals surface area contributed by atoms with E-state index >= 15 is 0 Å².